The molecule has 0 saturated carbocycles. The van der Waals surface area contributed by atoms with Crippen molar-refractivity contribution in [1.29, 1.82) is 0 Å². The topological polar surface area (TPSA) is 47.9 Å². The molecule has 0 bridgehead atoms. The van der Waals surface area contributed by atoms with E-state index < -0.39 is 0 Å². The monoisotopic (exact) mass is 359 g/mol. The van der Waals surface area contributed by atoms with E-state index in [2.05, 4.69) is 27.6 Å². The number of halogens is 1. The zero-order valence-electron chi connectivity index (χ0n) is 10.0. The van der Waals surface area contributed by atoms with E-state index in [1.807, 2.05) is 30.3 Å². The highest BCUT2D eigenvalue weighted by molar-refractivity contribution is 14.1. The number of rotatable bonds is 3. The molecule has 5 heteroatoms. The zero-order valence-corrected chi connectivity index (χ0v) is 12.2. The average Bonchev–Trinajstić information content (AvgIpc) is 2.82. The van der Waals surface area contributed by atoms with Crippen molar-refractivity contribution in [1.82, 2.24) is 0 Å². The first kappa shape index (κ1) is 13.5. The van der Waals surface area contributed by atoms with Crippen LogP contribution in [-0.2, 0) is 14.3 Å². The molecule has 0 N–H and O–H groups in total. The lowest BCUT2D eigenvalue weighted by Crippen LogP contribution is -2.31. The highest BCUT2D eigenvalue weighted by Gasteiger charge is 2.39. The Bertz CT molecular complexity index is 447. The fourth-order valence-electron chi connectivity index (χ4n) is 1.91. The zero-order chi connectivity index (χ0) is 13.0. The molecule has 1 fully saturated rings. The molecule has 1 aliphatic heterocycles. The molecule has 2 atom stereocenters. The average molecular weight is 359 g/mol. The van der Waals surface area contributed by atoms with Gasteiger partial charge in [-0.2, -0.15) is 0 Å². The molecule has 2 rings (SSSR count). The molecule has 0 aromatic heterocycles. The number of benzene rings is 1. The number of carbonyl (C=O) groups is 1. The van der Waals surface area contributed by atoms with E-state index in [0.29, 0.717) is 6.61 Å². The summed E-state index contributed by atoms with van der Waals surface area (Å²) in [5, 5.41) is 0. The molecule has 96 valence electrons. The van der Waals surface area contributed by atoms with Gasteiger partial charge in [-0.15, -0.1) is 0 Å². The molecular weight excluding hydrogens is 345 g/mol. The molecule has 1 heterocycles. The van der Waals surface area contributed by atoms with Crippen molar-refractivity contribution in [3.05, 3.63) is 30.3 Å². The summed E-state index contributed by atoms with van der Waals surface area (Å²) in [5.74, 6) is -0.657. The quantitative estimate of drug-likeness (QED) is 0.473. The van der Waals surface area contributed by atoms with E-state index in [9.17, 15) is 4.79 Å². The lowest BCUT2D eigenvalue weighted by Gasteiger charge is -2.13. The van der Waals surface area contributed by atoms with Gasteiger partial charge in [0.25, 0.3) is 0 Å². The third-order valence-electron chi connectivity index (χ3n) is 2.81. The predicted molar refractivity (Wildman–Crippen MR) is 77.7 cm³/mol. The molecular formula is C13H14INO3. The molecule has 1 saturated heterocycles. The van der Waals surface area contributed by atoms with Crippen LogP contribution in [0.4, 0.5) is 5.69 Å². The lowest BCUT2D eigenvalue weighted by molar-refractivity contribution is -0.144. The maximum absolute atomic E-state index is 11.8. The van der Waals surface area contributed by atoms with Crippen LogP contribution in [-0.4, -0.2) is 35.9 Å². The fourth-order valence-corrected chi connectivity index (χ4v) is 2.67. The highest BCUT2D eigenvalue weighted by atomic mass is 127. The molecule has 1 aromatic carbocycles. The van der Waals surface area contributed by atoms with E-state index in [1.54, 1.807) is 0 Å². The van der Waals surface area contributed by atoms with Gasteiger partial charge in [-0.05, 0) is 12.1 Å². The van der Waals surface area contributed by atoms with Crippen LogP contribution in [0.25, 0.3) is 0 Å². The van der Waals surface area contributed by atoms with Gasteiger partial charge in [0.05, 0.1) is 31.2 Å². The first-order valence-corrected chi connectivity index (χ1v) is 7.16. The molecule has 1 aromatic rings. The Hall–Kier alpha value is -0.950. The summed E-state index contributed by atoms with van der Waals surface area (Å²) >= 11 is 2.21. The number of methoxy groups -OCH3 is 1. The van der Waals surface area contributed by atoms with Gasteiger partial charge >= 0.3 is 5.97 Å². The Morgan fingerprint density at radius 3 is 2.83 bits per heavy atom. The van der Waals surface area contributed by atoms with Gasteiger partial charge in [0.15, 0.2) is 0 Å². The molecule has 18 heavy (non-hydrogen) atoms. The summed E-state index contributed by atoms with van der Waals surface area (Å²) in [6.45, 7) is 0.391. The predicted octanol–water partition coefficient (Wildman–Crippen LogP) is 2.38. The first-order valence-electron chi connectivity index (χ1n) is 5.64. The second-order valence-corrected chi connectivity index (χ2v) is 4.82. The van der Waals surface area contributed by atoms with Crippen LogP contribution in [0.5, 0.6) is 0 Å². The second-order valence-electron chi connectivity index (χ2n) is 3.94. The van der Waals surface area contributed by atoms with Gasteiger partial charge in [0, 0.05) is 4.43 Å². The van der Waals surface area contributed by atoms with Crippen molar-refractivity contribution < 1.29 is 14.3 Å². The maximum atomic E-state index is 11.8. The Labute approximate surface area is 120 Å². The van der Waals surface area contributed by atoms with Crippen molar-refractivity contribution in [3.63, 3.8) is 0 Å². The van der Waals surface area contributed by atoms with Gasteiger partial charge in [0.2, 0.25) is 0 Å². The van der Waals surface area contributed by atoms with Crippen molar-refractivity contribution in [2.24, 2.45) is 10.9 Å². The second kappa shape index (κ2) is 6.29. The van der Waals surface area contributed by atoms with Crippen LogP contribution in [0.1, 0.15) is 0 Å². The van der Waals surface area contributed by atoms with Gasteiger partial charge in [0.1, 0.15) is 5.92 Å². The van der Waals surface area contributed by atoms with E-state index >= 15 is 0 Å². The summed E-state index contributed by atoms with van der Waals surface area (Å²) in [6.07, 6.45) is -0.138. The molecule has 1 aliphatic rings. The van der Waals surface area contributed by atoms with Crippen LogP contribution in [0, 0.1) is 5.92 Å². The molecule has 0 spiro atoms. The number of hydrogen-bond donors (Lipinski definition) is 0. The third kappa shape index (κ3) is 2.89. The molecule has 0 amide bonds. The minimum absolute atomic E-state index is 0.138. The van der Waals surface area contributed by atoms with Crippen LogP contribution in [0.15, 0.2) is 35.3 Å². The Morgan fingerprint density at radius 1 is 1.50 bits per heavy atom. The van der Waals surface area contributed by atoms with E-state index in [4.69, 9.17) is 9.47 Å². The summed E-state index contributed by atoms with van der Waals surface area (Å²) in [5.41, 5.74) is 1.58. The van der Waals surface area contributed by atoms with Crippen molar-refractivity contribution >= 4 is 40.0 Å². The number of alkyl halides is 1. The Morgan fingerprint density at radius 2 is 2.22 bits per heavy atom. The number of aliphatic imine (C=N–C) groups is 1. The molecule has 0 aliphatic carbocycles. The van der Waals surface area contributed by atoms with Crippen molar-refractivity contribution in [3.8, 4) is 0 Å². The van der Waals surface area contributed by atoms with Crippen LogP contribution >= 0.6 is 22.6 Å². The van der Waals surface area contributed by atoms with Crippen LogP contribution in [0.3, 0.4) is 0 Å². The first-order chi connectivity index (χ1) is 8.76. The van der Waals surface area contributed by atoms with Gasteiger partial charge in [-0.1, -0.05) is 40.8 Å². The van der Waals surface area contributed by atoms with Gasteiger partial charge < -0.3 is 9.47 Å². The SMILES string of the molecule is COC(=O)C1C(=Nc2ccccc2)COC1CI. The smallest absolute Gasteiger partial charge is 0.317 e. The molecule has 4 nitrogen and oxygen atoms in total. The molecule has 0 radical (unpaired) electrons. The lowest BCUT2D eigenvalue weighted by atomic mass is 10.0. The summed E-state index contributed by atoms with van der Waals surface area (Å²) in [4.78, 5) is 16.3. The minimum atomic E-state index is -0.382. The van der Waals surface area contributed by atoms with Gasteiger partial charge in [-0.3, -0.25) is 9.79 Å². The standard InChI is InChI=1S/C13H14INO3/c1-17-13(16)12-10(8-18-11(12)7-14)15-9-5-3-2-4-6-9/h2-6,11-12H,7-8H2,1H3. The van der Waals surface area contributed by atoms with E-state index in [1.165, 1.54) is 7.11 Å². The number of esters is 1. The highest BCUT2D eigenvalue weighted by Crippen LogP contribution is 2.25. The number of nitrogens with zero attached hydrogens (tertiary/aromatic N) is 1. The summed E-state index contributed by atoms with van der Waals surface area (Å²) in [7, 11) is 1.39. The fraction of sp³-hybridized carbons (Fsp3) is 0.385. The van der Waals surface area contributed by atoms with Crippen molar-refractivity contribution in [2.75, 3.05) is 18.1 Å². The Kier molecular flexibility index (Phi) is 4.71. The Balaban J connectivity index is 2.26. The van der Waals surface area contributed by atoms with E-state index in [-0.39, 0.29) is 18.0 Å². The maximum Gasteiger partial charge on any atom is 0.317 e. The third-order valence-corrected chi connectivity index (χ3v) is 3.68. The minimum Gasteiger partial charge on any atom is -0.468 e. The normalized spacial score (nSPS) is 25.3. The summed E-state index contributed by atoms with van der Waals surface area (Å²) < 4.78 is 11.2. The number of para-hydroxylation sites is 1. The van der Waals surface area contributed by atoms with E-state index in [0.717, 1.165) is 15.8 Å². The van der Waals surface area contributed by atoms with Gasteiger partial charge in [-0.25, -0.2) is 0 Å². The number of carbonyl (C=O) groups excluding carboxylic acids is 1. The molecule has 2 unspecified atom stereocenters. The number of hydrogen-bond acceptors (Lipinski definition) is 4. The van der Waals surface area contributed by atoms with Crippen LogP contribution < -0.4 is 0 Å². The number of ether oxygens (including phenoxy) is 2. The van der Waals surface area contributed by atoms with Crippen LogP contribution in [0.2, 0.25) is 0 Å². The summed E-state index contributed by atoms with van der Waals surface area (Å²) in [6, 6.07) is 9.56. The largest absolute Gasteiger partial charge is 0.468 e. The van der Waals surface area contributed by atoms with Crippen molar-refractivity contribution in [2.45, 2.75) is 6.10 Å².